The summed E-state index contributed by atoms with van der Waals surface area (Å²) in [6, 6.07) is 1.85. The van der Waals surface area contributed by atoms with E-state index < -0.39 is 5.97 Å². The topological polar surface area (TPSA) is 78.2 Å². The predicted octanol–water partition coefficient (Wildman–Crippen LogP) is 2.63. The number of Topliss-reactive ketones (excluding diaryl/α,β-unsaturated/α-hetero) is 1. The number of carboxylic acid groups (broad SMARTS) is 1. The van der Waals surface area contributed by atoms with Gasteiger partial charge in [0.25, 0.3) is 0 Å². The number of aliphatic carboxylic acids is 1. The SMILES string of the molecule is CC(C)[C@@H]1CC(CCC(=O)CC#N)C[C@H]1C(=O)O. The Balaban J connectivity index is 2.49. The second-order valence-corrected chi connectivity index (χ2v) is 5.60. The molecule has 0 heterocycles. The Morgan fingerprint density at radius 3 is 2.50 bits per heavy atom. The van der Waals surface area contributed by atoms with Crippen molar-refractivity contribution in [2.45, 2.75) is 46.0 Å². The molecule has 1 fully saturated rings. The lowest BCUT2D eigenvalue weighted by atomic mass is 9.86. The highest BCUT2D eigenvalue weighted by Gasteiger charge is 2.39. The van der Waals surface area contributed by atoms with Crippen molar-refractivity contribution in [1.29, 1.82) is 5.26 Å². The van der Waals surface area contributed by atoms with E-state index in [0.717, 1.165) is 12.8 Å². The standard InChI is InChI=1S/C14H21NO3/c1-9(2)12-7-10(8-13(12)14(17)18)3-4-11(16)5-6-15/h9-10,12-13H,3-5,7-8H2,1-2H3,(H,17,18)/t10?,12-,13+/m0/s1. The van der Waals surface area contributed by atoms with Crippen LogP contribution in [0.5, 0.6) is 0 Å². The summed E-state index contributed by atoms with van der Waals surface area (Å²) in [5, 5.41) is 17.6. The van der Waals surface area contributed by atoms with Gasteiger partial charge in [-0.1, -0.05) is 13.8 Å². The third-order valence-electron chi connectivity index (χ3n) is 3.99. The van der Waals surface area contributed by atoms with Gasteiger partial charge in [0, 0.05) is 6.42 Å². The molecule has 1 saturated carbocycles. The van der Waals surface area contributed by atoms with E-state index in [1.54, 1.807) is 0 Å². The van der Waals surface area contributed by atoms with Crippen LogP contribution >= 0.6 is 0 Å². The highest BCUT2D eigenvalue weighted by molar-refractivity contribution is 5.80. The second kappa shape index (κ2) is 6.53. The first-order chi connectivity index (χ1) is 8.45. The van der Waals surface area contributed by atoms with Crippen LogP contribution in [0.1, 0.15) is 46.0 Å². The van der Waals surface area contributed by atoms with Gasteiger partial charge in [0.15, 0.2) is 0 Å². The van der Waals surface area contributed by atoms with Gasteiger partial charge in [-0.25, -0.2) is 0 Å². The van der Waals surface area contributed by atoms with Crippen LogP contribution in [0.4, 0.5) is 0 Å². The molecule has 0 amide bonds. The van der Waals surface area contributed by atoms with E-state index in [0.29, 0.717) is 24.7 Å². The van der Waals surface area contributed by atoms with Crippen molar-refractivity contribution < 1.29 is 14.7 Å². The van der Waals surface area contributed by atoms with Crippen molar-refractivity contribution in [2.75, 3.05) is 0 Å². The molecule has 1 aliphatic rings. The smallest absolute Gasteiger partial charge is 0.306 e. The zero-order valence-corrected chi connectivity index (χ0v) is 11.1. The van der Waals surface area contributed by atoms with E-state index in [2.05, 4.69) is 13.8 Å². The first kappa shape index (κ1) is 14.7. The van der Waals surface area contributed by atoms with Crippen LogP contribution in [-0.2, 0) is 9.59 Å². The van der Waals surface area contributed by atoms with Gasteiger partial charge in [0.1, 0.15) is 5.78 Å². The van der Waals surface area contributed by atoms with Gasteiger partial charge in [-0.2, -0.15) is 5.26 Å². The Bertz CT molecular complexity index is 357. The number of carboxylic acids is 1. The molecular formula is C14H21NO3. The molecule has 3 atom stereocenters. The minimum Gasteiger partial charge on any atom is -0.481 e. The van der Waals surface area contributed by atoms with Crippen LogP contribution < -0.4 is 0 Å². The monoisotopic (exact) mass is 251 g/mol. The van der Waals surface area contributed by atoms with Gasteiger partial charge in [0.2, 0.25) is 0 Å². The lowest BCUT2D eigenvalue weighted by molar-refractivity contribution is -0.143. The lowest BCUT2D eigenvalue weighted by Gasteiger charge is -2.19. The molecule has 0 bridgehead atoms. The Morgan fingerprint density at radius 2 is 2.06 bits per heavy atom. The van der Waals surface area contributed by atoms with Crippen molar-refractivity contribution in [1.82, 2.24) is 0 Å². The van der Waals surface area contributed by atoms with E-state index in [9.17, 15) is 14.7 Å². The average Bonchev–Trinajstić information content (AvgIpc) is 2.71. The van der Waals surface area contributed by atoms with Crippen LogP contribution in [0, 0.1) is 35.0 Å². The zero-order chi connectivity index (χ0) is 13.7. The maximum absolute atomic E-state index is 11.3. The normalized spacial score (nSPS) is 27.1. The third kappa shape index (κ3) is 3.83. The maximum atomic E-state index is 11.3. The molecule has 0 aliphatic heterocycles. The highest BCUT2D eigenvalue weighted by atomic mass is 16.4. The van der Waals surface area contributed by atoms with Crippen LogP contribution in [0.25, 0.3) is 0 Å². The van der Waals surface area contributed by atoms with Crippen molar-refractivity contribution >= 4 is 11.8 Å². The second-order valence-electron chi connectivity index (χ2n) is 5.60. The Kier molecular flexibility index (Phi) is 5.33. The summed E-state index contributed by atoms with van der Waals surface area (Å²) in [5.41, 5.74) is 0. The number of nitriles is 1. The van der Waals surface area contributed by atoms with E-state index in [4.69, 9.17) is 5.26 Å². The predicted molar refractivity (Wildman–Crippen MR) is 66.6 cm³/mol. The first-order valence-electron chi connectivity index (χ1n) is 6.57. The molecule has 0 aromatic carbocycles. The summed E-state index contributed by atoms with van der Waals surface area (Å²) in [4.78, 5) is 22.5. The maximum Gasteiger partial charge on any atom is 0.306 e. The highest BCUT2D eigenvalue weighted by Crippen LogP contribution is 2.42. The Morgan fingerprint density at radius 1 is 1.39 bits per heavy atom. The van der Waals surface area contributed by atoms with Crippen LogP contribution in [0.15, 0.2) is 0 Å². The number of hydrogen-bond acceptors (Lipinski definition) is 3. The van der Waals surface area contributed by atoms with Gasteiger partial charge >= 0.3 is 5.97 Å². The van der Waals surface area contributed by atoms with Crippen LogP contribution in [-0.4, -0.2) is 16.9 Å². The molecule has 0 radical (unpaired) electrons. The Labute approximate surface area is 108 Å². The molecule has 1 rings (SSSR count). The van der Waals surface area contributed by atoms with E-state index in [-0.39, 0.29) is 24.0 Å². The molecule has 18 heavy (non-hydrogen) atoms. The Hall–Kier alpha value is -1.37. The molecule has 0 spiro atoms. The van der Waals surface area contributed by atoms with Gasteiger partial charge in [-0.3, -0.25) is 9.59 Å². The fourth-order valence-corrected chi connectivity index (χ4v) is 2.98. The number of nitrogens with zero attached hydrogens (tertiary/aromatic N) is 1. The summed E-state index contributed by atoms with van der Waals surface area (Å²) >= 11 is 0. The van der Waals surface area contributed by atoms with Gasteiger partial charge < -0.3 is 5.11 Å². The van der Waals surface area contributed by atoms with Crippen LogP contribution in [0.2, 0.25) is 0 Å². The fourth-order valence-electron chi connectivity index (χ4n) is 2.98. The molecule has 100 valence electrons. The summed E-state index contributed by atoms with van der Waals surface area (Å²) < 4.78 is 0. The average molecular weight is 251 g/mol. The van der Waals surface area contributed by atoms with Crippen LogP contribution in [0.3, 0.4) is 0 Å². The lowest BCUT2D eigenvalue weighted by Crippen LogP contribution is -2.21. The first-order valence-corrected chi connectivity index (χ1v) is 6.57. The number of carbonyl (C=O) groups is 2. The molecule has 0 saturated heterocycles. The molecule has 1 unspecified atom stereocenters. The van der Waals surface area contributed by atoms with Gasteiger partial charge in [-0.15, -0.1) is 0 Å². The zero-order valence-electron chi connectivity index (χ0n) is 11.1. The third-order valence-corrected chi connectivity index (χ3v) is 3.99. The largest absolute Gasteiger partial charge is 0.481 e. The molecule has 0 aromatic heterocycles. The fraction of sp³-hybridized carbons (Fsp3) is 0.786. The summed E-state index contributed by atoms with van der Waals surface area (Å²) in [6.07, 6.45) is 2.69. The van der Waals surface area contributed by atoms with Crippen molar-refractivity contribution in [3.05, 3.63) is 0 Å². The van der Waals surface area contributed by atoms with Gasteiger partial charge in [0.05, 0.1) is 18.4 Å². The van der Waals surface area contributed by atoms with Crippen molar-refractivity contribution in [3.8, 4) is 6.07 Å². The van der Waals surface area contributed by atoms with E-state index in [1.165, 1.54) is 0 Å². The molecule has 1 N–H and O–H groups in total. The van der Waals surface area contributed by atoms with Crippen molar-refractivity contribution in [3.63, 3.8) is 0 Å². The number of rotatable bonds is 6. The molecule has 1 aliphatic carbocycles. The summed E-state index contributed by atoms with van der Waals surface area (Å²) in [6.45, 7) is 4.12. The molecule has 4 heteroatoms. The van der Waals surface area contributed by atoms with E-state index in [1.807, 2.05) is 6.07 Å². The summed E-state index contributed by atoms with van der Waals surface area (Å²) in [5.74, 6) is -0.0939. The molecular weight excluding hydrogens is 230 g/mol. The summed E-state index contributed by atoms with van der Waals surface area (Å²) in [7, 11) is 0. The minimum absolute atomic E-state index is 0.0251. The molecule has 4 nitrogen and oxygen atoms in total. The molecule has 0 aromatic rings. The number of ketones is 1. The number of hydrogen-bond donors (Lipinski definition) is 1. The van der Waals surface area contributed by atoms with Crippen molar-refractivity contribution in [2.24, 2.45) is 23.7 Å². The minimum atomic E-state index is -0.709. The van der Waals surface area contributed by atoms with Gasteiger partial charge in [-0.05, 0) is 37.0 Å². The quantitative estimate of drug-likeness (QED) is 0.787. The van der Waals surface area contributed by atoms with E-state index >= 15 is 0 Å². The number of carbonyl (C=O) groups excluding carboxylic acids is 1.